The molecule has 82 valence electrons. The van der Waals surface area contributed by atoms with Gasteiger partial charge in [0.1, 0.15) is 6.61 Å². The Morgan fingerprint density at radius 3 is 2.47 bits per heavy atom. The minimum Gasteiger partial charge on any atom is -0.390 e. The number of nitro groups is 1. The van der Waals surface area contributed by atoms with Crippen LogP contribution >= 0.6 is 0 Å². The lowest BCUT2D eigenvalue weighted by molar-refractivity contribution is -0.387. The monoisotopic (exact) mass is 221 g/mol. The van der Waals surface area contributed by atoms with Crippen molar-refractivity contribution in [3.05, 3.63) is 39.7 Å². The van der Waals surface area contributed by atoms with Crippen molar-refractivity contribution in [3.8, 4) is 0 Å². The highest BCUT2D eigenvalue weighted by Gasteiger charge is 2.32. The van der Waals surface area contributed by atoms with Gasteiger partial charge in [0.25, 0.3) is 5.92 Å². The summed E-state index contributed by atoms with van der Waals surface area (Å²) in [6.45, 7) is -1.48. The van der Waals surface area contributed by atoms with Crippen LogP contribution in [0.3, 0.4) is 0 Å². The van der Waals surface area contributed by atoms with E-state index >= 15 is 0 Å². The number of rotatable bonds is 3. The molecule has 0 aliphatic rings. The van der Waals surface area contributed by atoms with Crippen LogP contribution in [0.5, 0.6) is 0 Å². The first-order chi connectivity index (χ1) is 6.88. The SMILES string of the molecule is O=[N+]([O-])c1ccc(C(F)(F)CO)cc1F. The molecule has 0 heterocycles. The molecule has 0 saturated heterocycles. The molecule has 0 unspecified atom stereocenters. The third-order valence-electron chi connectivity index (χ3n) is 1.77. The van der Waals surface area contributed by atoms with Gasteiger partial charge in [-0.3, -0.25) is 10.1 Å². The van der Waals surface area contributed by atoms with Gasteiger partial charge < -0.3 is 5.11 Å². The quantitative estimate of drug-likeness (QED) is 0.625. The standard InChI is InChI=1S/C8H6F3NO3/c9-6-3-5(8(10,11)4-13)1-2-7(6)12(14)15/h1-3,13H,4H2. The van der Waals surface area contributed by atoms with E-state index in [0.717, 1.165) is 0 Å². The third kappa shape index (κ3) is 2.24. The average molecular weight is 221 g/mol. The van der Waals surface area contributed by atoms with Crippen LogP contribution in [0, 0.1) is 15.9 Å². The van der Waals surface area contributed by atoms with Gasteiger partial charge in [-0.2, -0.15) is 13.2 Å². The first kappa shape index (κ1) is 11.4. The van der Waals surface area contributed by atoms with Crippen LogP contribution in [-0.4, -0.2) is 16.6 Å². The summed E-state index contributed by atoms with van der Waals surface area (Å²) in [7, 11) is 0. The number of nitro benzene ring substituents is 1. The number of aliphatic hydroxyl groups is 1. The van der Waals surface area contributed by atoms with Gasteiger partial charge in [0.2, 0.25) is 5.82 Å². The molecule has 0 atom stereocenters. The third-order valence-corrected chi connectivity index (χ3v) is 1.77. The van der Waals surface area contributed by atoms with Crippen LogP contribution in [0.4, 0.5) is 18.9 Å². The summed E-state index contributed by atoms with van der Waals surface area (Å²) in [6.07, 6.45) is 0. The Morgan fingerprint density at radius 1 is 1.47 bits per heavy atom. The van der Waals surface area contributed by atoms with Crippen molar-refractivity contribution in [1.29, 1.82) is 0 Å². The summed E-state index contributed by atoms with van der Waals surface area (Å²) in [6, 6.07) is 1.68. The second kappa shape index (κ2) is 3.85. The zero-order valence-corrected chi connectivity index (χ0v) is 7.28. The highest BCUT2D eigenvalue weighted by molar-refractivity contribution is 5.36. The molecule has 0 aromatic heterocycles. The van der Waals surface area contributed by atoms with Crippen LogP contribution in [0.2, 0.25) is 0 Å². The van der Waals surface area contributed by atoms with Crippen LogP contribution in [0.25, 0.3) is 0 Å². The fraction of sp³-hybridized carbons (Fsp3) is 0.250. The topological polar surface area (TPSA) is 63.4 Å². The molecule has 0 amide bonds. The molecule has 4 nitrogen and oxygen atoms in total. The Bertz CT molecular complexity index is 395. The Hall–Kier alpha value is -1.63. The second-order valence-electron chi connectivity index (χ2n) is 2.79. The molecular weight excluding hydrogens is 215 g/mol. The zero-order valence-electron chi connectivity index (χ0n) is 7.28. The molecule has 15 heavy (non-hydrogen) atoms. The molecule has 0 aliphatic heterocycles. The highest BCUT2D eigenvalue weighted by Crippen LogP contribution is 2.30. The predicted molar refractivity (Wildman–Crippen MR) is 44.0 cm³/mol. The molecule has 1 aromatic rings. The van der Waals surface area contributed by atoms with E-state index in [2.05, 4.69) is 0 Å². The van der Waals surface area contributed by atoms with Gasteiger partial charge >= 0.3 is 5.69 Å². The largest absolute Gasteiger partial charge is 0.390 e. The van der Waals surface area contributed by atoms with Crippen molar-refractivity contribution in [1.82, 2.24) is 0 Å². The summed E-state index contributed by atoms with van der Waals surface area (Å²) in [4.78, 5) is 9.16. The minimum absolute atomic E-state index is 0.342. The maximum absolute atomic E-state index is 12.9. The van der Waals surface area contributed by atoms with Crippen molar-refractivity contribution < 1.29 is 23.2 Å². The lowest BCUT2D eigenvalue weighted by atomic mass is 10.1. The Balaban J connectivity index is 3.18. The highest BCUT2D eigenvalue weighted by atomic mass is 19.3. The summed E-state index contributed by atoms with van der Waals surface area (Å²) in [5, 5.41) is 18.5. The number of aliphatic hydroxyl groups excluding tert-OH is 1. The lowest BCUT2D eigenvalue weighted by Crippen LogP contribution is -2.18. The van der Waals surface area contributed by atoms with E-state index in [1.165, 1.54) is 0 Å². The van der Waals surface area contributed by atoms with Crippen molar-refractivity contribution in [3.63, 3.8) is 0 Å². The van der Waals surface area contributed by atoms with Gasteiger partial charge in [0.05, 0.1) is 4.92 Å². The number of hydrogen-bond acceptors (Lipinski definition) is 3. The zero-order chi connectivity index (χ0) is 11.6. The summed E-state index contributed by atoms with van der Waals surface area (Å²) in [5.41, 5.74) is -1.68. The van der Waals surface area contributed by atoms with Gasteiger partial charge in [-0.05, 0) is 12.1 Å². The maximum Gasteiger partial charge on any atom is 0.304 e. The van der Waals surface area contributed by atoms with E-state index in [-0.39, 0.29) is 0 Å². The van der Waals surface area contributed by atoms with E-state index in [1.807, 2.05) is 0 Å². The first-order valence-corrected chi connectivity index (χ1v) is 3.81. The Morgan fingerprint density at radius 2 is 2.07 bits per heavy atom. The van der Waals surface area contributed by atoms with E-state index in [0.29, 0.717) is 18.2 Å². The molecule has 0 aliphatic carbocycles. The molecule has 0 bridgehead atoms. The van der Waals surface area contributed by atoms with E-state index in [4.69, 9.17) is 5.11 Å². The van der Waals surface area contributed by atoms with Gasteiger partial charge in [-0.25, -0.2) is 0 Å². The molecule has 0 radical (unpaired) electrons. The Labute approximate surface area is 82.1 Å². The lowest BCUT2D eigenvalue weighted by Gasteiger charge is -2.12. The normalized spacial score (nSPS) is 11.5. The van der Waals surface area contributed by atoms with Crippen molar-refractivity contribution in [2.45, 2.75) is 5.92 Å². The van der Waals surface area contributed by atoms with Crippen molar-refractivity contribution in [2.24, 2.45) is 0 Å². The fourth-order valence-corrected chi connectivity index (χ4v) is 0.974. The summed E-state index contributed by atoms with van der Waals surface area (Å²) < 4.78 is 38.5. The maximum atomic E-state index is 12.9. The molecule has 1 N–H and O–H groups in total. The number of alkyl halides is 2. The van der Waals surface area contributed by atoms with Gasteiger partial charge in [-0.15, -0.1) is 0 Å². The fourth-order valence-electron chi connectivity index (χ4n) is 0.974. The van der Waals surface area contributed by atoms with E-state index in [1.54, 1.807) is 0 Å². The van der Waals surface area contributed by atoms with E-state index < -0.39 is 34.5 Å². The predicted octanol–water partition coefficient (Wildman–Crippen LogP) is 1.82. The summed E-state index contributed by atoms with van der Waals surface area (Å²) in [5.74, 6) is -4.96. The second-order valence-corrected chi connectivity index (χ2v) is 2.79. The first-order valence-electron chi connectivity index (χ1n) is 3.81. The van der Waals surface area contributed by atoms with Gasteiger partial charge in [0.15, 0.2) is 0 Å². The molecule has 7 heteroatoms. The number of nitrogens with zero attached hydrogens (tertiary/aromatic N) is 1. The Kier molecular flexibility index (Phi) is 2.94. The van der Waals surface area contributed by atoms with Gasteiger partial charge in [0, 0.05) is 11.6 Å². The van der Waals surface area contributed by atoms with Crippen molar-refractivity contribution in [2.75, 3.05) is 6.61 Å². The van der Waals surface area contributed by atoms with Crippen LogP contribution in [0.15, 0.2) is 18.2 Å². The molecule has 1 rings (SSSR count). The minimum atomic E-state index is -3.60. The van der Waals surface area contributed by atoms with Gasteiger partial charge in [-0.1, -0.05) is 0 Å². The smallest absolute Gasteiger partial charge is 0.304 e. The summed E-state index contributed by atoms with van der Waals surface area (Å²) >= 11 is 0. The van der Waals surface area contributed by atoms with Crippen molar-refractivity contribution >= 4 is 5.69 Å². The molecule has 0 fully saturated rings. The van der Waals surface area contributed by atoms with Crippen LogP contribution in [-0.2, 0) is 5.92 Å². The molecule has 1 aromatic carbocycles. The van der Waals surface area contributed by atoms with Crippen LogP contribution in [0.1, 0.15) is 5.56 Å². The number of halogens is 3. The molecule has 0 saturated carbocycles. The van der Waals surface area contributed by atoms with Crippen LogP contribution < -0.4 is 0 Å². The van der Waals surface area contributed by atoms with E-state index in [9.17, 15) is 23.3 Å². The average Bonchev–Trinajstić information content (AvgIpc) is 2.17. The molecule has 0 spiro atoms. The molecular formula is C8H6F3NO3. The number of benzene rings is 1. The number of hydrogen-bond donors (Lipinski definition) is 1.